The number of hydrogen-bond donors (Lipinski definition) is 2. The van der Waals surface area contributed by atoms with Crippen LogP contribution < -0.4 is 10.6 Å². The van der Waals surface area contributed by atoms with Crippen molar-refractivity contribution < 1.29 is 19.1 Å². The summed E-state index contributed by atoms with van der Waals surface area (Å²) in [5.74, 6) is -0.900. The average molecular weight is 386 g/mol. The summed E-state index contributed by atoms with van der Waals surface area (Å²) in [7, 11) is 1.34. The van der Waals surface area contributed by atoms with Gasteiger partial charge in [-0.25, -0.2) is 4.79 Å². The predicted molar refractivity (Wildman–Crippen MR) is 104 cm³/mol. The topological polar surface area (TPSA) is 84.5 Å². The Bertz CT molecular complexity index is 809. The first kappa shape index (κ1) is 19.1. The van der Waals surface area contributed by atoms with E-state index < -0.39 is 11.5 Å². The molecule has 1 fully saturated rings. The summed E-state index contributed by atoms with van der Waals surface area (Å²) in [6, 6.07) is 10.2. The molecular weight excluding hydrogens is 364 g/mol. The van der Waals surface area contributed by atoms with Gasteiger partial charge in [-0.3, -0.25) is 9.59 Å². The Labute approximate surface area is 161 Å². The maximum atomic E-state index is 12.7. The van der Waals surface area contributed by atoms with Crippen molar-refractivity contribution in [1.29, 1.82) is 0 Å². The molecule has 6 nitrogen and oxygen atoms in total. The zero-order valence-electron chi connectivity index (χ0n) is 15.1. The summed E-state index contributed by atoms with van der Waals surface area (Å²) in [6.07, 6.45) is 3.97. The molecule has 1 saturated carbocycles. The van der Waals surface area contributed by atoms with E-state index in [1.165, 1.54) is 18.4 Å². The molecule has 0 atom stereocenters. The van der Waals surface area contributed by atoms with Gasteiger partial charge in [0.2, 0.25) is 0 Å². The Kier molecular flexibility index (Phi) is 5.91. The maximum absolute atomic E-state index is 12.7. The first-order valence-electron chi connectivity index (χ1n) is 8.90. The summed E-state index contributed by atoms with van der Waals surface area (Å²) >= 11 is 1.36. The van der Waals surface area contributed by atoms with Crippen molar-refractivity contribution in [3.63, 3.8) is 0 Å². The molecule has 1 aromatic heterocycles. The first-order chi connectivity index (χ1) is 13.0. The highest BCUT2D eigenvalue weighted by atomic mass is 32.1. The molecule has 2 aromatic rings. The van der Waals surface area contributed by atoms with Crippen LogP contribution in [-0.2, 0) is 9.53 Å². The van der Waals surface area contributed by atoms with E-state index >= 15 is 0 Å². The third-order valence-electron chi connectivity index (χ3n) is 4.79. The smallest absolute Gasteiger partial charge is 0.331 e. The highest BCUT2D eigenvalue weighted by molar-refractivity contribution is 7.12. The van der Waals surface area contributed by atoms with E-state index in [-0.39, 0.29) is 11.8 Å². The van der Waals surface area contributed by atoms with Crippen molar-refractivity contribution in [2.45, 2.75) is 37.6 Å². The van der Waals surface area contributed by atoms with Crippen molar-refractivity contribution in [3.05, 3.63) is 52.2 Å². The Morgan fingerprint density at radius 1 is 1.00 bits per heavy atom. The summed E-state index contributed by atoms with van der Waals surface area (Å²) in [4.78, 5) is 37.6. The van der Waals surface area contributed by atoms with Gasteiger partial charge in [0, 0.05) is 11.3 Å². The number of carbonyl (C=O) groups excluding carboxylic acids is 3. The molecule has 3 rings (SSSR count). The molecule has 1 aromatic carbocycles. The van der Waals surface area contributed by atoms with Crippen LogP contribution in [0.5, 0.6) is 0 Å². The van der Waals surface area contributed by atoms with Crippen LogP contribution in [0.1, 0.15) is 52.1 Å². The molecule has 1 aliphatic rings. The number of benzene rings is 1. The van der Waals surface area contributed by atoms with Crippen LogP contribution in [0.3, 0.4) is 0 Å². The third-order valence-corrected chi connectivity index (χ3v) is 5.65. The van der Waals surface area contributed by atoms with Gasteiger partial charge in [-0.15, -0.1) is 11.3 Å². The monoisotopic (exact) mass is 386 g/mol. The Morgan fingerprint density at radius 2 is 1.70 bits per heavy atom. The van der Waals surface area contributed by atoms with Crippen LogP contribution in [0.15, 0.2) is 41.8 Å². The summed E-state index contributed by atoms with van der Waals surface area (Å²) < 4.78 is 4.93. The van der Waals surface area contributed by atoms with E-state index in [1.54, 1.807) is 30.3 Å². The van der Waals surface area contributed by atoms with Gasteiger partial charge in [0.25, 0.3) is 11.8 Å². The van der Waals surface area contributed by atoms with Crippen LogP contribution in [-0.4, -0.2) is 30.4 Å². The second-order valence-corrected chi connectivity index (χ2v) is 7.54. The van der Waals surface area contributed by atoms with Gasteiger partial charge in [-0.1, -0.05) is 25.3 Å². The van der Waals surface area contributed by atoms with E-state index in [9.17, 15) is 14.4 Å². The number of thiophene rings is 1. The number of hydrogen-bond acceptors (Lipinski definition) is 5. The standard InChI is InChI=1S/C20H22N2O4S/c1-26-19(25)20(11-3-2-4-12-20)22-17(23)14-7-9-15(10-8-14)21-18(24)16-6-5-13-27-16/h5-10,13H,2-4,11-12H2,1H3,(H,21,24)(H,22,23). The minimum absolute atomic E-state index is 0.186. The zero-order chi connectivity index (χ0) is 19.3. The van der Waals surface area contributed by atoms with Gasteiger partial charge in [-0.05, 0) is 48.6 Å². The van der Waals surface area contributed by atoms with Gasteiger partial charge in [0.15, 0.2) is 0 Å². The minimum Gasteiger partial charge on any atom is -0.467 e. The van der Waals surface area contributed by atoms with Gasteiger partial charge in [0.05, 0.1) is 12.0 Å². The maximum Gasteiger partial charge on any atom is 0.331 e. The number of anilines is 1. The van der Waals surface area contributed by atoms with Crippen LogP contribution in [0.2, 0.25) is 0 Å². The number of rotatable bonds is 5. The molecule has 0 spiro atoms. The highest BCUT2D eigenvalue weighted by Crippen LogP contribution is 2.30. The van der Waals surface area contributed by atoms with E-state index in [0.29, 0.717) is 29.0 Å². The fourth-order valence-electron chi connectivity index (χ4n) is 3.33. The van der Waals surface area contributed by atoms with Gasteiger partial charge >= 0.3 is 5.97 Å². The van der Waals surface area contributed by atoms with Gasteiger partial charge < -0.3 is 15.4 Å². The van der Waals surface area contributed by atoms with Crippen LogP contribution in [0.25, 0.3) is 0 Å². The summed E-state index contributed by atoms with van der Waals surface area (Å²) in [6.45, 7) is 0. The zero-order valence-corrected chi connectivity index (χ0v) is 15.9. The van der Waals surface area contributed by atoms with Gasteiger partial charge in [0.1, 0.15) is 5.54 Å². The van der Waals surface area contributed by atoms with E-state index in [4.69, 9.17) is 4.74 Å². The lowest BCUT2D eigenvalue weighted by atomic mass is 9.81. The van der Waals surface area contributed by atoms with Crippen molar-refractivity contribution >= 4 is 34.8 Å². The van der Waals surface area contributed by atoms with E-state index in [1.807, 2.05) is 11.4 Å². The van der Waals surface area contributed by atoms with Crippen LogP contribution in [0, 0.1) is 0 Å². The molecule has 7 heteroatoms. The number of methoxy groups -OCH3 is 1. The molecule has 0 saturated heterocycles. The normalized spacial score (nSPS) is 15.6. The Morgan fingerprint density at radius 3 is 2.30 bits per heavy atom. The molecule has 0 unspecified atom stereocenters. The molecule has 0 radical (unpaired) electrons. The lowest BCUT2D eigenvalue weighted by Gasteiger charge is -2.35. The average Bonchev–Trinajstić information content (AvgIpc) is 3.23. The minimum atomic E-state index is -0.948. The number of nitrogens with one attached hydrogen (secondary N) is 2. The fourth-order valence-corrected chi connectivity index (χ4v) is 3.94. The molecule has 2 N–H and O–H groups in total. The quantitative estimate of drug-likeness (QED) is 0.769. The summed E-state index contributed by atoms with van der Waals surface area (Å²) in [5, 5.41) is 7.51. The lowest BCUT2D eigenvalue weighted by Crippen LogP contribution is -2.56. The van der Waals surface area contributed by atoms with Crippen LogP contribution >= 0.6 is 11.3 Å². The Hall–Kier alpha value is -2.67. The second-order valence-electron chi connectivity index (χ2n) is 6.60. The lowest BCUT2D eigenvalue weighted by molar-refractivity contribution is -0.149. The van der Waals surface area contributed by atoms with E-state index in [2.05, 4.69) is 10.6 Å². The highest BCUT2D eigenvalue weighted by Gasteiger charge is 2.42. The number of carbonyl (C=O) groups is 3. The van der Waals surface area contributed by atoms with Crippen molar-refractivity contribution in [3.8, 4) is 0 Å². The number of esters is 1. The molecule has 1 aliphatic carbocycles. The number of amides is 2. The third kappa shape index (κ3) is 4.36. The molecule has 1 heterocycles. The molecule has 142 valence electrons. The van der Waals surface area contributed by atoms with Gasteiger partial charge in [-0.2, -0.15) is 0 Å². The second kappa shape index (κ2) is 8.35. The van der Waals surface area contributed by atoms with Crippen molar-refractivity contribution in [2.24, 2.45) is 0 Å². The largest absolute Gasteiger partial charge is 0.467 e. The molecular formula is C20H22N2O4S. The molecule has 2 amide bonds. The van der Waals surface area contributed by atoms with Crippen molar-refractivity contribution in [1.82, 2.24) is 5.32 Å². The SMILES string of the molecule is COC(=O)C1(NC(=O)c2ccc(NC(=O)c3cccs3)cc2)CCCCC1. The van der Waals surface area contributed by atoms with Crippen molar-refractivity contribution in [2.75, 3.05) is 12.4 Å². The predicted octanol–water partition coefficient (Wildman–Crippen LogP) is 3.61. The van der Waals surface area contributed by atoms with Crippen LogP contribution in [0.4, 0.5) is 5.69 Å². The Balaban J connectivity index is 1.68. The molecule has 0 bridgehead atoms. The molecule has 27 heavy (non-hydrogen) atoms. The van der Waals surface area contributed by atoms with E-state index in [0.717, 1.165) is 19.3 Å². The molecule has 0 aliphatic heterocycles. The number of ether oxygens (including phenoxy) is 1. The summed E-state index contributed by atoms with van der Waals surface area (Å²) in [5.41, 5.74) is 0.0825. The fraction of sp³-hybridized carbons (Fsp3) is 0.350. The first-order valence-corrected chi connectivity index (χ1v) is 9.78.